The van der Waals surface area contributed by atoms with Crippen molar-refractivity contribution in [2.75, 3.05) is 7.11 Å². The van der Waals surface area contributed by atoms with E-state index in [-0.39, 0.29) is 18.4 Å². The monoisotopic (exact) mass is 381 g/mol. The fourth-order valence-corrected chi connectivity index (χ4v) is 3.31. The first-order valence-corrected chi connectivity index (χ1v) is 9.17. The van der Waals surface area contributed by atoms with Crippen LogP contribution in [-0.4, -0.2) is 17.6 Å². The number of carbonyl (C=O) groups is 1. The van der Waals surface area contributed by atoms with Crippen LogP contribution in [0.25, 0.3) is 0 Å². The summed E-state index contributed by atoms with van der Waals surface area (Å²) in [5, 5.41) is 0. The van der Waals surface area contributed by atoms with Crippen LogP contribution in [0.4, 0.5) is 4.39 Å². The molecule has 3 rings (SSSR count). The van der Waals surface area contributed by atoms with Gasteiger partial charge in [0, 0.05) is 23.4 Å². The molecule has 4 nitrogen and oxygen atoms in total. The predicted octanol–water partition coefficient (Wildman–Crippen LogP) is 4.78. The number of methoxy groups -OCH3 is 1. The van der Waals surface area contributed by atoms with E-state index in [4.69, 9.17) is 9.47 Å². The molecule has 0 bridgehead atoms. The van der Waals surface area contributed by atoms with Gasteiger partial charge in [-0.3, -0.25) is 0 Å². The van der Waals surface area contributed by atoms with Crippen LogP contribution in [-0.2, 0) is 22.6 Å². The number of aromatic nitrogens is 1. The van der Waals surface area contributed by atoms with Gasteiger partial charge in [0.15, 0.2) is 0 Å². The number of esters is 1. The zero-order valence-electron chi connectivity index (χ0n) is 16.3. The predicted molar refractivity (Wildman–Crippen MR) is 106 cm³/mol. The summed E-state index contributed by atoms with van der Waals surface area (Å²) in [5.74, 6) is 0.0923. The SMILES string of the molecule is COC(=O)C(Cc1ccc(OCc2ccccc2F)cc1)n1c(C)ccc1C. The van der Waals surface area contributed by atoms with Gasteiger partial charge >= 0.3 is 5.97 Å². The fourth-order valence-electron chi connectivity index (χ4n) is 3.31. The topological polar surface area (TPSA) is 40.5 Å². The molecule has 0 aliphatic heterocycles. The van der Waals surface area contributed by atoms with Crippen LogP contribution in [0.3, 0.4) is 0 Å². The van der Waals surface area contributed by atoms with E-state index in [0.717, 1.165) is 17.0 Å². The Morgan fingerprint density at radius 1 is 1.00 bits per heavy atom. The number of rotatable bonds is 7. The highest BCUT2D eigenvalue weighted by Crippen LogP contribution is 2.23. The standard InChI is InChI=1S/C23H24FNO3/c1-16-8-9-17(2)25(16)22(23(26)27-3)14-18-10-12-20(13-11-18)28-15-19-6-4-5-7-21(19)24/h4-13,22H,14-15H2,1-3H3. The van der Waals surface area contributed by atoms with E-state index in [1.165, 1.54) is 13.2 Å². The second-order valence-corrected chi connectivity index (χ2v) is 6.75. The van der Waals surface area contributed by atoms with E-state index in [9.17, 15) is 9.18 Å². The first-order valence-electron chi connectivity index (χ1n) is 9.17. The van der Waals surface area contributed by atoms with Gasteiger partial charge in [0.05, 0.1) is 7.11 Å². The molecular formula is C23H24FNO3. The zero-order chi connectivity index (χ0) is 20.1. The molecular weight excluding hydrogens is 357 g/mol. The molecule has 1 aromatic heterocycles. The number of nitrogens with zero attached hydrogens (tertiary/aromatic N) is 1. The molecule has 0 fully saturated rings. The number of ether oxygens (including phenoxy) is 2. The molecule has 28 heavy (non-hydrogen) atoms. The van der Waals surface area contributed by atoms with E-state index >= 15 is 0 Å². The molecule has 146 valence electrons. The van der Waals surface area contributed by atoms with Crippen molar-refractivity contribution in [2.45, 2.75) is 32.9 Å². The van der Waals surface area contributed by atoms with Crippen molar-refractivity contribution in [2.24, 2.45) is 0 Å². The smallest absolute Gasteiger partial charge is 0.329 e. The molecule has 0 aliphatic rings. The van der Waals surface area contributed by atoms with Gasteiger partial charge < -0.3 is 14.0 Å². The van der Waals surface area contributed by atoms with Gasteiger partial charge in [0.2, 0.25) is 0 Å². The highest BCUT2D eigenvalue weighted by molar-refractivity contribution is 5.75. The summed E-state index contributed by atoms with van der Waals surface area (Å²) in [4.78, 5) is 12.4. The van der Waals surface area contributed by atoms with E-state index in [1.54, 1.807) is 18.2 Å². The lowest BCUT2D eigenvalue weighted by Gasteiger charge is -2.20. The van der Waals surface area contributed by atoms with E-state index in [1.807, 2.05) is 54.8 Å². The van der Waals surface area contributed by atoms with Gasteiger partial charge in [0.1, 0.15) is 24.2 Å². The van der Waals surface area contributed by atoms with Crippen molar-refractivity contribution < 1.29 is 18.7 Å². The average Bonchev–Trinajstić information content (AvgIpc) is 3.04. The first-order chi connectivity index (χ1) is 13.5. The maximum absolute atomic E-state index is 13.7. The molecule has 1 unspecified atom stereocenters. The first kappa shape index (κ1) is 19.7. The zero-order valence-corrected chi connectivity index (χ0v) is 16.3. The van der Waals surface area contributed by atoms with Gasteiger partial charge in [0.25, 0.3) is 0 Å². The van der Waals surface area contributed by atoms with E-state index in [2.05, 4.69) is 0 Å². The lowest BCUT2D eigenvalue weighted by Crippen LogP contribution is -2.24. The summed E-state index contributed by atoms with van der Waals surface area (Å²) in [7, 11) is 1.41. The summed E-state index contributed by atoms with van der Waals surface area (Å²) >= 11 is 0. The highest BCUT2D eigenvalue weighted by Gasteiger charge is 2.24. The number of hydrogen-bond donors (Lipinski definition) is 0. The minimum absolute atomic E-state index is 0.165. The van der Waals surface area contributed by atoms with Crippen molar-refractivity contribution >= 4 is 5.97 Å². The number of hydrogen-bond acceptors (Lipinski definition) is 3. The summed E-state index contributed by atoms with van der Waals surface area (Å²) in [6, 6.07) is 17.6. The van der Waals surface area contributed by atoms with Crippen molar-refractivity contribution in [1.82, 2.24) is 4.57 Å². The van der Waals surface area contributed by atoms with Crippen molar-refractivity contribution in [3.8, 4) is 5.75 Å². The number of benzene rings is 2. The number of carbonyl (C=O) groups excluding carboxylic acids is 1. The van der Waals surface area contributed by atoms with E-state index in [0.29, 0.717) is 17.7 Å². The van der Waals surface area contributed by atoms with Crippen molar-refractivity contribution in [1.29, 1.82) is 0 Å². The highest BCUT2D eigenvalue weighted by atomic mass is 19.1. The van der Waals surface area contributed by atoms with Gasteiger partial charge in [-0.2, -0.15) is 0 Å². The molecule has 0 spiro atoms. The van der Waals surface area contributed by atoms with Gasteiger partial charge in [-0.1, -0.05) is 30.3 Å². The van der Waals surface area contributed by atoms with Crippen LogP contribution in [0.15, 0.2) is 60.7 Å². The quantitative estimate of drug-likeness (QED) is 0.553. The molecule has 0 saturated carbocycles. The molecule has 0 saturated heterocycles. The third-order valence-electron chi connectivity index (χ3n) is 4.82. The Labute approximate surface area is 164 Å². The number of aryl methyl sites for hydroxylation is 2. The van der Waals surface area contributed by atoms with Gasteiger partial charge in [-0.05, 0) is 49.7 Å². The molecule has 0 radical (unpaired) electrons. The van der Waals surface area contributed by atoms with Crippen LogP contribution in [0, 0.1) is 19.7 Å². The Morgan fingerprint density at radius 2 is 1.64 bits per heavy atom. The summed E-state index contributed by atoms with van der Waals surface area (Å²) < 4.78 is 26.4. The maximum atomic E-state index is 13.7. The normalized spacial score (nSPS) is 11.9. The Bertz CT molecular complexity index is 927. The summed E-state index contributed by atoms with van der Waals surface area (Å²) in [5.41, 5.74) is 3.52. The molecule has 0 aliphatic carbocycles. The third kappa shape index (κ3) is 4.42. The lowest BCUT2D eigenvalue weighted by molar-refractivity contribution is -0.144. The molecule has 0 amide bonds. The minimum atomic E-state index is -0.426. The third-order valence-corrected chi connectivity index (χ3v) is 4.82. The van der Waals surface area contributed by atoms with E-state index < -0.39 is 6.04 Å². The van der Waals surface area contributed by atoms with Gasteiger partial charge in [-0.15, -0.1) is 0 Å². The number of halogens is 1. The summed E-state index contributed by atoms with van der Waals surface area (Å²) in [6.45, 7) is 4.11. The van der Waals surface area contributed by atoms with Crippen LogP contribution < -0.4 is 4.74 Å². The lowest BCUT2D eigenvalue weighted by atomic mass is 10.0. The summed E-state index contributed by atoms with van der Waals surface area (Å²) in [6.07, 6.45) is 0.511. The fraction of sp³-hybridized carbons (Fsp3) is 0.261. The van der Waals surface area contributed by atoms with Crippen LogP contribution in [0.1, 0.15) is 28.6 Å². The van der Waals surface area contributed by atoms with Crippen molar-refractivity contribution in [3.05, 3.63) is 89.0 Å². The molecule has 1 atom stereocenters. The Morgan fingerprint density at radius 3 is 2.25 bits per heavy atom. The van der Waals surface area contributed by atoms with Crippen LogP contribution in [0.5, 0.6) is 5.75 Å². The molecule has 5 heteroatoms. The Balaban J connectivity index is 1.71. The minimum Gasteiger partial charge on any atom is -0.489 e. The molecule has 3 aromatic rings. The largest absolute Gasteiger partial charge is 0.489 e. The van der Waals surface area contributed by atoms with Crippen molar-refractivity contribution in [3.63, 3.8) is 0 Å². The molecule has 2 aromatic carbocycles. The van der Waals surface area contributed by atoms with Crippen LogP contribution in [0.2, 0.25) is 0 Å². The maximum Gasteiger partial charge on any atom is 0.329 e. The second-order valence-electron chi connectivity index (χ2n) is 6.75. The van der Waals surface area contributed by atoms with Gasteiger partial charge in [-0.25, -0.2) is 9.18 Å². The second kappa shape index (κ2) is 8.74. The molecule has 0 N–H and O–H groups in total. The Kier molecular flexibility index (Phi) is 6.14. The Hall–Kier alpha value is -3.08. The average molecular weight is 381 g/mol. The molecule has 1 heterocycles. The van der Waals surface area contributed by atoms with Crippen LogP contribution >= 0.6 is 0 Å².